The van der Waals surface area contributed by atoms with Crippen LogP contribution in [0.3, 0.4) is 0 Å². The molecular weight excluding hydrogens is 1010 g/mol. The fraction of sp³-hybridized carbons (Fsp3) is 0.645. The predicted molar refractivity (Wildman–Crippen MR) is 357 cm³/mol. The van der Waals surface area contributed by atoms with Gasteiger partial charge in [0.05, 0.1) is 0 Å². The Bertz CT molecular complexity index is 1780. The molecule has 0 aromatic carbocycles. The van der Waals surface area contributed by atoms with Gasteiger partial charge in [0.1, 0.15) is 13.2 Å². The van der Waals surface area contributed by atoms with E-state index in [1.54, 1.807) is 0 Å². The van der Waals surface area contributed by atoms with E-state index >= 15 is 0 Å². The Morgan fingerprint density at radius 3 is 0.744 bits per heavy atom. The van der Waals surface area contributed by atoms with Crippen molar-refractivity contribution in [1.29, 1.82) is 0 Å². The number of hydrogen-bond acceptors (Lipinski definition) is 6. The van der Waals surface area contributed by atoms with E-state index in [-0.39, 0.29) is 31.1 Å². The van der Waals surface area contributed by atoms with Gasteiger partial charge in [-0.05, 0) is 128 Å². The molecule has 0 bridgehead atoms. The maximum absolute atomic E-state index is 12.9. The highest BCUT2D eigenvalue weighted by molar-refractivity contribution is 5.71. The minimum atomic E-state index is -0.798. The van der Waals surface area contributed by atoms with Gasteiger partial charge < -0.3 is 14.2 Å². The maximum atomic E-state index is 12.9. The SMILES string of the molecule is CC/C=C\C/C=C\C/C=C\C/C=C\C/C=C\C/C=C\C/C=C\C/C=C\C/C=C\CCCCCCCC(=O)OCC(COC(=O)CCCCCCCCCCCC)OC(=O)CCCCCCCC/C=C\C/C=C\C/C=C\CCCCCCC. The summed E-state index contributed by atoms with van der Waals surface area (Å²) in [4.78, 5) is 38.3. The molecule has 0 saturated carbocycles. The van der Waals surface area contributed by atoms with E-state index in [4.69, 9.17) is 14.2 Å². The van der Waals surface area contributed by atoms with Gasteiger partial charge in [0.15, 0.2) is 6.10 Å². The molecule has 0 fully saturated rings. The number of unbranched alkanes of at least 4 members (excludes halogenated alkanes) is 25. The smallest absolute Gasteiger partial charge is 0.306 e. The Hall–Kier alpha value is -4.71. The molecule has 0 amide bonds. The number of carbonyl (C=O) groups excluding carboxylic acids is 3. The molecule has 0 aliphatic rings. The van der Waals surface area contributed by atoms with Crippen molar-refractivity contribution in [3.8, 4) is 0 Å². The van der Waals surface area contributed by atoms with Crippen molar-refractivity contribution in [3.63, 3.8) is 0 Å². The van der Waals surface area contributed by atoms with Crippen molar-refractivity contribution >= 4 is 17.9 Å². The van der Waals surface area contributed by atoms with E-state index in [1.165, 1.54) is 96.3 Å². The van der Waals surface area contributed by atoms with Gasteiger partial charge in [-0.1, -0.05) is 295 Å². The Kier molecular flexibility index (Phi) is 64.8. The average Bonchev–Trinajstić information content (AvgIpc) is 3.48. The second-order valence-electron chi connectivity index (χ2n) is 22.0. The molecule has 0 radical (unpaired) electrons. The zero-order valence-electron chi connectivity index (χ0n) is 53.2. The van der Waals surface area contributed by atoms with Gasteiger partial charge in [0.2, 0.25) is 0 Å². The van der Waals surface area contributed by atoms with Crippen LogP contribution < -0.4 is 0 Å². The van der Waals surface area contributed by atoms with Crippen molar-refractivity contribution in [2.75, 3.05) is 13.2 Å². The second-order valence-corrected chi connectivity index (χ2v) is 22.0. The van der Waals surface area contributed by atoms with Crippen LogP contribution in [0.15, 0.2) is 146 Å². The van der Waals surface area contributed by atoms with E-state index in [9.17, 15) is 14.4 Å². The number of allylic oxidation sites excluding steroid dienone is 24. The molecular formula is C76H124O6. The zero-order valence-corrected chi connectivity index (χ0v) is 53.2. The summed E-state index contributed by atoms with van der Waals surface area (Å²) in [6.45, 7) is 6.48. The van der Waals surface area contributed by atoms with E-state index in [0.717, 1.165) is 161 Å². The monoisotopic (exact) mass is 1130 g/mol. The maximum Gasteiger partial charge on any atom is 0.306 e. The van der Waals surface area contributed by atoms with Crippen LogP contribution >= 0.6 is 0 Å². The third-order valence-corrected chi connectivity index (χ3v) is 14.1. The van der Waals surface area contributed by atoms with E-state index in [1.807, 2.05) is 0 Å². The van der Waals surface area contributed by atoms with Crippen LogP contribution in [-0.4, -0.2) is 37.2 Å². The van der Waals surface area contributed by atoms with Gasteiger partial charge in [-0.15, -0.1) is 0 Å². The predicted octanol–water partition coefficient (Wildman–Crippen LogP) is 23.5. The van der Waals surface area contributed by atoms with Crippen LogP contribution in [0, 0.1) is 0 Å². The molecule has 6 heteroatoms. The van der Waals surface area contributed by atoms with E-state index < -0.39 is 6.10 Å². The third-order valence-electron chi connectivity index (χ3n) is 14.1. The Balaban J connectivity index is 4.32. The molecule has 464 valence electrons. The minimum absolute atomic E-state index is 0.0919. The van der Waals surface area contributed by atoms with E-state index in [0.29, 0.717) is 19.3 Å². The molecule has 0 saturated heterocycles. The molecule has 0 aliphatic heterocycles. The first kappa shape index (κ1) is 77.3. The van der Waals surface area contributed by atoms with Crippen molar-refractivity contribution in [3.05, 3.63) is 146 Å². The minimum Gasteiger partial charge on any atom is -0.462 e. The quantitative estimate of drug-likeness (QED) is 0.0261. The Morgan fingerprint density at radius 1 is 0.256 bits per heavy atom. The summed E-state index contributed by atoms with van der Waals surface area (Å²) in [6.07, 6.45) is 98.6. The van der Waals surface area contributed by atoms with Gasteiger partial charge in [0, 0.05) is 19.3 Å². The second kappa shape index (κ2) is 68.8. The highest BCUT2D eigenvalue weighted by Crippen LogP contribution is 2.15. The highest BCUT2D eigenvalue weighted by Gasteiger charge is 2.19. The average molecular weight is 1130 g/mol. The zero-order chi connectivity index (χ0) is 59.2. The normalized spacial score (nSPS) is 13.1. The Labute approximate surface area is 506 Å². The summed E-state index contributed by atoms with van der Waals surface area (Å²) in [7, 11) is 0. The number of carbonyl (C=O) groups is 3. The molecule has 0 rings (SSSR count). The lowest BCUT2D eigenvalue weighted by Gasteiger charge is -2.18. The van der Waals surface area contributed by atoms with Crippen LogP contribution in [-0.2, 0) is 28.6 Å². The molecule has 0 N–H and O–H groups in total. The number of hydrogen-bond donors (Lipinski definition) is 0. The van der Waals surface area contributed by atoms with E-state index in [2.05, 4.69) is 167 Å². The van der Waals surface area contributed by atoms with Crippen molar-refractivity contribution in [2.45, 2.75) is 303 Å². The van der Waals surface area contributed by atoms with Gasteiger partial charge in [-0.2, -0.15) is 0 Å². The van der Waals surface area contributed by atoms with Crippen LogP contribution in [0.5, 0.6) is 0 Å². The lowest BCUT2D eigenvalue weighted by Crippen LogP contribution is -2.30. The first-order chi connectivity index (χ1) is 40.5. The van der Waals surface area contributed by atoms with Crippen LogP contribution in [0.2, 0.25) is 0 Å². The van der Waals surface area contributed by atoms with Crippen LogP contribution in [0.25, 0.3) is 0 Å². The number of esters is 3. The molecule has 1 unspecified atom stereocenters. The van der Waals surface area contributed by atoms with Gasteiger partial charge in [-0.3, -0.25) is 14.4 Å². The molecule has 1 atom stereocenters. The fourth-order valence-electron chi connectivity index (χ4n) is 9.03. The summed E-state index contributed by atoms with van der Waals surface area (Å²) in [5.41, 5.74) is 0. The van der Waals surface area contributed by atoms with Gasteiger partial charge in [0.25, 0.3) is 0 Å². The van der Waals surface area contributed by atoms with Crippen molar-refractivity contribution in [1.82, 2.24) is 0 Å². The largest absolute Gasteiger partial charge is 0.462 e. The summed E-state index contributed by atoms with van der Waals surface area (Å²) >= 11 is 0. The van der Waals surface area contributed by atoms with Crippen molar-refractivity contribution < 1.29 is 28.6 Å². The van der Waals surface area contributed by atoms with Crippen LogP contribution in [0.1, 0.15) is 297 Å². The van der Waals surface area contributed by atoms with Crippen LogP contribution in [0.4, 0.5) is 0 Å². The summed E-state index contributed by atoms with van der Waals surface area (Å²) in [5, 5.41) is 0. The van der Waals surface area contributed by atoms with Gasteiger partial charge in [-0.25, -0.2) is 0 Å². The lowest BCUT2D eigenvalue weighted by atomic mass is 10.1. The first-order valence-electron chi connectivity index (χ1n) is 33.8. The third kappa shape index (κ3) is 66.1. The fourth-order valence-corrected chi connectivity index (χ4v) is 9.03. The summed E-state index contributed by atoms with van der Waals surface area (Å²) < 4.78 is 16.9. The number of ether oxygens (including phenoxy) is 3. The molecule has 0 aliphatic carbocycles. The molecule has 6 nitrogen and oxygen atoms in total. The molecule has 0 spiro atoms. The first-order valence-corrected chi connectivity index (χ1v) is 33.8. The lowest BCUT2D eigenvalue weighted by molar-refractivity contribution is -0.167. The topological polar surface area (TPSA) is 78.9 Å². The summed E-state index contributed by atoms with van der Waals surface area (Å²) in [6, 6.07) is 0. The molecule has 0 aromatic rings. The summed E-state index contributed by atoms with van der Waals surface area (Å²) in [5.74, 6) is -0.924. The standard InChI is InChI=1S/C76H124O6/c1-4-7-10-13-16-19-22-24-26-28-30-32-33-34-35-36-37-38-39-40-41-42-43-45-46-48-50-52-54-57-60-63-66-69-75(78)81-72-73(71-80-74(77)68-65-62-59-56-21-18-15-12-9-6-3)82-76(79)70-67-64-61-58-55-53-51-49-47-44-31-29-27-25-23-20-17-14-11-8-5-2/h7,10,16,19,23-26,29-32,34-35,37-38,40-41,43,45,47-50,73H,4-6,8-9,11-15,17-18,20-22,27-28,33,36,39,42,44,46,51-72H2,1-3H3/b10-7-,19-16-,25-23-,26-24-,31-29-,32-30-,35-34-,38-37-,41-40-,45-43-,49-47-,50-48-. The van der Waals surface area contributed by atoms with Gasteiger partial charge >= 0.3 is 17.9 Å². The highest BCUT2D eigenvalue weighted by atomic mass is 16.6. The Morgan fingerprint density at radius 2 is 0.476 bits per heavy atom. The molecule has 82 heavy (non-hydrogen) atoms. The molecule has 0 aromatic heterocycles. The molecule has 0 heterocycles. The number of rotatable bonds is 60. The van der Waals surface area contributed by atoms with Crippen molar-refractivity contribution in [2.24, 2.45) is 0 Å².